The van der Waals surface area contributed by atoms with Crippen LogP contribution in [-0.4, -0.2) is 18.2 Å². The molecule has 0 aromatic heterocycles. The molecule has 0 fully saturated rings. The number of carbonyl (C=O) groups is 1. The molecule has 1 N–H and O–H groups in total. The Morgan fingerprint density at radius 3 is 2.75 bits per heavy atom. The molecule has 0 unspecified atom stereocenters. The van der Waals surface area contributed by atoms with Gasteiger partial charge < -0.3 is 9.84 Å². The number of ether oxygens (including phenoxy) is 1. The lowest BCUT2D eigenvalue weighted by molar-refractivity contribution is -0.137. The molecule has 1 aromatic carbocycles. The topological polar surface area (TPSA) is 46.5 Å². The van der Waals surface area contributed by atoms with Crippen molar-refractivity contribution in [3.63, 3.8) is 0 Å². The molecule has 0 saturated carbocycles. The van der Waals surface area contributed by atoms with Crippen molar-refractivity contribution in [3.05, 3.63) is 29.1 Å². The maximum Gasteiger partial charge on any atom is 0.303 e. The zero-order valence-corrected chi connectivity index (χ0v) is 9.42. The second-order valence-electron chi connectivity index (χ2n) is 3.64. The number of rotatable bonds is 5. The van der Waals surface area contributed by atoms with Crippen molar-refractivity contribution in [2.45, 2.75) is 26.2 Å². The molecule has 16 heavy (non-hydrogen) atoms. The smallest absolute Gasteiger partial charge is 0.303 e. The Morgan fingerprint density at radius 1 is 1.50 bits per heavy atom. The molecule has 3 nitrogen and oxygen atoms in total. The van der Waals surface area contributed by atoms with E-state index in [1.54, 1.807) is 19.1 Å². The monoisotopic (exact) mass is 226 g/mol. The summed E-state index contributed by atoms with van der Waals surface area (Å²) >= 11 is 0. The van der Waals surface area contributed by atoms with Crippen LogP contribution in [0.2, 0.25) is 0 Å². The maximum atomic E-state index is 13.6. The molecule has 88 valence electrons. The van der Waals surface area contributed by atoms with Gasteiger partial charge in [0.2, 0.25) is 0 Å². The molecule has 1 rings (SSSR count). The Hall–Kier alpha value is -1.58. The fourth-order valence-electron chi connectivity index (χ4n) is 1.54. The number of hydrogen-bond donors (Lipinski definition) is 1. The molecule has 0 amide bonds. The molecule has 0 atom stereocenters. The summed E-state index contributed by atoms with van der Waals surface area (Å²) in [5.74, 6) is -0.979. The highest BCUT2D eigenvalue weighted by molar-refractivity contribution is 5.66. The zero-order chi connectivity index (χ0) is 12.1. The minimum atomic E-state index is -0.841. The first kappa shape index (κ1) is 12.5. The molecule has 1 aromatic rings. The average molecular weight is 226 g/mol. The van der Waals surface area contributed by atoms with Crippen LogP contribution in [0, 0.1) is 12.7 Å². The van der Waals surface area contributed by atoms with E-state index < -0.39 is 5.97 Å². The van der Waals surface area contributed by atoms with Crippen LogP contribution in [0.3, 0.4) is 0 Å². The summed E-state index contributed by atoms with van der Waals surface area (Å²) in [7, 11) is 1.42. The van der Waals surface area contributed by atoms with Crippen LogP contribution >= 0.6 is 0 Å². The lowest BCUT2D eigenvalue weighted by Gasteiger charge is -2.10. The van der Waals surface area contributed by atoms with Crippen molar-refractivity contribution in [2.75, 3.05) is 7.11 Å². The van der Waals surface area contributed by atoms with Crippen LogP contribution < -0.4 is 4.74 Å². The van der Waals surface area contributed by atoms with Crippen LogP contribution in [-0.2, 0) is 11.2 Å². The van der Waals surface area contributed by atoms with Crippen LogP contribution in [0.1, 0.15) is 24.0 Å². The van der Waals surface area contributed by atoms with Crippen molar-refractivity contribution in [1.82, 2.24) is 0 Å². The number of methoxy groups -OCH3 is 1. The molecule has 0 aliphatic heterocycles. The van der Waals surface area contributed by atoms with E-state index in [2.05, 4.69) is 0 Å². The van der Waals surface area contributed by atoms with Gasteiger partial charge in [0.1, 0.15) is 0 Å². The Bertz CT molecular complexity index is 388. The Morgan fingerprint density at radius 2 is 2.19 bits per heavy atom. The van der Waals surface area contributed by atoms with Crippen LogP contribution in [0.4, 0.5) is 4.39 Å². The van der Waals surface area contributed by atoms with Crippen molar-refractivity contribution in [1.29, 1.82) is 0 Å². The number of benzene rings is 1. The van der Waals surface area contributed by atoms with Gasteiger partial charge in [0, 0.05) is 6.42 Å². The van der Waals surface area contributed by atoms with Crippen LogP contribution in [0.25, 0.3) is 0 Å². The minimum Gasteiger partial charge on any atom is -0.493 e. The lowest BCUT2D eigenvalue weighted by Crippen LogP contribution is -2.00. The second-order valence-corrected chi connectivity index (χ2v) is 3.64. The molecule has 0 heterocycles. The summed E-state index contributed by atoms with van der Waals surface area (Å²) in [5.41, 5.74) is 1.24. The highest BCUT2D eigenvalue weighted by Gasteiger charge is 2.11. The fraction of sp³-hybridized carbons (Fsp3) is 0.417. The van der Waals surface area contributed by atoms with Gasteiger partial charge in [-0.2, -0.15) is 0 Å². The summed E-state index contributed by atoms with van der Waals surface area (Å²) in [6.07, 6.45) is 1.07. The third-order valence-corrected chi connectivity index (χ3v) is 2.41. The van der Waals surface area contributed by atoms with Crippen molar-refractivity contribution >= 4 is 5.97 Å². The van der Waals surface area contributed by atoms with Gasteiger partial charge in [-0.15, -0.1) is 0 Å². The lowest BCUT2D eigenvalue weighted by atomic mass is 10.0. The SMILES string of the molecule is COc1c(CCCC(=O)O)ccc(C)c1F. The van der Waals surface area contributed by atoms with Crippen molar-refractivity contribution in [2.24, 2.45) is 0 Å². The average Bonchev–Trinajstić information content (AvgIpc) is 2.23. The van der Waals surface area contributed by atoms with Gasteiger partial charge in [-0.25, -0.2) is 4.39 Å². The van der Waals surface area contributed by atoms with E-state index in [0.29, 0.717) is 24.0 Å². The third-order valence-electron chi connectivity index (χ3n) is 2.41. The van der Waals surface area contributed by atoms with E-state index in [4.69, 9.17) is 9.84 Å². The van der Waals surface area contributed by atoms with Crippen LogP contribution in [0.15, 0.2) is 12.1 Å². The number of hydrogen-bond acceptors (Lipinski definition) is 2. The summed E-state index contributed by atoms with van der Waals surface area (Å²) in [6, 6.07) is 3.45. The van der Waals surface area contributed by atoms with Gasteiger partial charge in [-0.1, -0.05) is 12.1 Å². The zero-order valence-electron chi connectivity index (χ0n) is 9.42. The van der Waals surface area contributed by atoms with Gasteiger partial charge in [-0.05, 0) is 30.9 Å². The molecule has 4 heteroatoms. The van der Waals surface area contributed by atoms with Crippen molar-refractivity contribution < 1.29 is 19.0 Å². The van der Waals surface area contributed by atoms with Gasteiger partial charge >= 0.3 is 5.97 Å². The molecule has 0 saturated heterocycles. The first-order chi connectivity index (χ1) is 7.56. The minimum absolute atomic E-state index is 0.0820. The van der Waals surface area contributed by atoms with E-state index in [0.717, 1.165) is 0 Å². The van der Waals surface area contributed by atoms with Crippen molar-refractivity contribution in [3.8, 4) is 5.75 Å². The highest BCUT2D eigenvalue weighted by Crippen LogP contribution is 2.26. The summed E-state index contributed by atoms with van der Waals surface area (Å²) in [6.45, 7) is 1.67. The summed E-state index contributed by atoms with van der Waals surface area (Å²) in [4.78, 5) is 10.4. The third kappa shape index (κ3) is 2.95. The number of carboxylic acids is 1. The van der Waals surface area contributed by atoms with Crippen LogP contribution in [0.5, 0.6) is 5.75 Å². The Labute approximate surface area is 93.9 Å². The molecule has 0 aliphatic carbocycles. The molecule has 0 aliphatic rings. The largest absolute Gasteiger partial charge is 0.493 e. The molecular weight excluding hydrogens is 211 g/mol. The maximum absolute atomic E-state index is 13.6. The predicted molar refractivity (Wildman–Crippen MR) is 58.3 cm³/mol. The van der Waals surface area contributed by atoms with Gasteiger partial charge in [0.15, 0.2) is 11.6 Å². The second kappa shape index (κ2) is 5.49. The Kier molecular flexibility index (Phi) is 4.28. The highest BCUT2D eigenvalue weighted by atomic mass is 19.1. The summed E-state index contributed by atoms with van der Waals surface area (Å²) in [5, 5.41) is 8.51. The molecule has 0 spiro atoms. The fourth-order valence-corrected chi connectivity index (χ4v) is 1.54. The number of carboxylic acid groups (broad SMARTS) is 1. The van der Waals surface area contributed by atoms with E-state index in [9.17, 15) is 9.18 Å². The first-order valence-corrected chi connectivity index (χ1v) is 5.10. The standard InChI is InChI=1S/C12H15FO3/c1-8-6-7-9(4-3-5-10(14)15)12(16-2)11(8)13/h6-7H,3-5H2,1-2H3,(H,14,15). The quantitative estimate of drug-likeness (QED) is 0.839. The summed E-state index contributed by atoms with van der Waals surface area (Å²) < 4.78 is 18.6. The normalized spacial score (nSPS) is 10.2. The number of halogens is 1. The van der Waals surface area contributed by atoms with E-state index in [-0.39, 0.29) is 18.0 Å². The molecule has 0 bridgehead atoms. The van der Waals surface area contributed by atoms with E-state index in [1.165, 1.54) is 7.11 Å². The van der Waals surface area contributed by atoms with E-state index >= 15 is 0 Å². The number of aliphatic carboxylic acids is 1. The molecular formula is C12H15FO3. The van der Waals surface area contributed by atoms with Gasteiger partial charge in [-0.3, -0.25) is 4.79 Å². The Balaban J connectivity index is 2.79. The van der Waals surface area contributed by atoms with Gasteiger partial charge in [0.25, 0.3) is 0 Å². The molecule has 0 radical (unpaired) electrons. The first-order valence-electron chi connectivity index (χ1n) is 5.10. The predicted octanol–water partition coefficient (Wildman–Crippen LogP) is 2.55. The van der Waals surface area contributed by atoms with Gasteiger partial charge in [0.05, 0.1) is 7.11 Å². The number of aryl methyl sites for hydroxylation is 2. The van der Waals surface area contributed by atoms with E-state index in [1.807, 2.05) is 0 Å².